The van der Waals surface area contributed by atoms with Crippen molar-refractivity contribution in [2.75, 3.05) is 0 Å². The van der Waals surface area contributed by atoms with Crippen molar-refractivity contribution in [2.45, 2.75) is 32.4 Å². The zero-order chi connectivity index (χ0) is 13.5. The van der Waals surface area contributed by atoms with Gasteiger partial charge in [-0.05, 0) is 31.0 Å². The van der Waals surface area contributed by atoms with E-state index in [1.165, 1.54) is 23.7 Å². The monoisotopic (exact) mass is 330 g/mol. The van der Waals surface area contributed by atoms with Crippen LogP contribution in [0, 0.1) is 0 Å². The summed E-state index contributed by atoms with van der Waals surface area (Å²) < 4.78 is 5.66. The molecule has 0 radical (unpaired) electrons. The number of hydrogen-bond donors (Lipinski definition) is 0. The van der Waals surface area contributed by atoms with Gasteiger partial charge in [-0.25, -0.2) is 0 Å². The first-order valence-corrected chi connectivity index (χ1v) is 7.76. The van der Waals surface area contributed by atoms with Gasteiger partial charge in [0, 0.05) is 34.5 Å². The third-order valence-electron chi connectivity index (χ3n) is 4.01. The van der Waals surface area contributed by atoms with Crippen molar-refractivity contribution < 1.29 is 0 Å². The first-order chi connectivity index (χ1) is 9.83. The Balaban J connectivity index is 1.74. The van der Waals surface area contributed by atoms with Crippen LogP contribution in [-0.4, -0.2) is 19.3 Å². The molecule has 4 rings (SSSR count). The van der Waals surface area contributed by atoms with Crippen molar-refractivity contribution in [2.24, 2.45) is 0 Å². The van der Waals surface area contributed by atoms with Crippen LogP contribution >= 0.6 is 15.9 Å². The molecular formula is C15H15BrN4. The van der Waals surface area contributed by atoms with Gasteiger partial charge in [0.2, 0.25) is 0 Å². The van der Waals surface area contributed by atoms with Gasteiger partial charge in [0.15, 0.2) is 5.82 Å². The number of aryl methyl sites for hydroxylation is 1. The Bertz CT molecular complexity index is 771. The molecule has 1 aliphatic rings. The summed E-state index contributed by atoms with van der Waals surface area (Å²) in [7, 11) is 0. The summed E-state index contributed by atoms with van der Waals surface area (Å²) >= 11 is 3.60. The summed E-state index contributed by atoms with van der Waals surface area (Å²) in [6.07, 6.45) is 5.65. The molecule has 0 fully saturated rings. The lowest BCUT2D eigenvalue weighted by molar-refractivity contribution is 0.503. The van der Waals surface area contributed by atoms with E-state index in [9.17, 15) is 0 Å². The molecule has 0 aliphatic carbocycles. The van der Waals surface area contributed by atoms with E-state index in [4.69, 9.17) is 0 Å². The summed E-state index contributed by atoms with van der Waals surface area (Å²) in [5, 5.41) is 9.95. The number of halogens is 1. The SMILES string of the molecule is Brc1cccc2c1ccn2Cc1nnc2n1CCCC2. The van der Waals surface area contributed by atoms with Gasteiger partial charge in [0.25, 0.3) is 0 Å². The number of rotatable bonds is 2. The highest BCUT2D eigenvalue weighted by atomic mass is 79.9. The number of benzene rings is 1. The second-order valence-corrected chi connectivity index (χ2v) is 6.11. The fraction of sp³-hybridized carbons (Fsp3) is 0.333. The number of nitrogens with zero attached hydrogens (tertiary/aromatic N) is 4. The van der Waals surface area contributed by atoms with Crippen LogP contribution in [0.3, 0.4) is 0 Å². The molecular weight excluding hydrogens is 316 g/mol. The predicted molar refractivity (Wildman–Crippen MR) is 81.7 cm³/mol. The lowest BCUT2D eigenvalue weighted by Gasteiger charge is -2.15. The topological polar surface area (TPSA) is 35.6 Å². The molecule has 0 saturated carbocycles. The van der Waals surface area contributed by atoms with Crippen molar-refractivity contribution in [1.29, 1.82) is 0 Å². The molecule has 1 aliphatic heterocycles. The van der Waals surface area contributed by atoms with E-state index in [0.717, 1.165) is 35.6 Å². The van der Waals surface area contributed by atoms with E-state index < -0.39 is 0 Å². The van der Waals surface area contributed by atoms with Gasteiger partial charge in [-0.2, -0.15) is 0 Å². The quantitative estimate of drug-likeness (QED) is 0.722. The Morgan fingerprint density at radius 3 is 3.05 bits per heavy atom. The standard InChI is InChI=1S/C15H15BrN4/c16-12-4-3-5-13-11(12)7-9-19(13)10-15-18-17-14-6-1-2-8-20(14)15/h3-5,7,9H,1-2,6,8,10H2. The Morgan fingerprint density at radius 1 is 1.15 bits per heavy atom. The van der Waals surface area contributed by atoms with Gasteiger partial charge in [-0.3, -0.25) is 0 Å². The molecule has 4 nitrogen and oxygen atoms in total. The highest BCUT2D eigenvalue weighted by Crippen LogP contribution is 2.25. The van der Waals surface area contributed by atoms with Gasteiger partial charge >= 0.3 is 0 Å². The van der Waals surface area contributed by atoms with Crippen LogP contribution in [0.4, 0.5) is 0 Å². The summed E-state index contributed by atoms with van der Waals surface area (Å²) in [4.78, 5) is 0. The summed E-state index contributed by atoms with van der Waals surface area (Å²) in [6.45, 7) is 1.84. The second-order valence-electron chi connectivity index (χ2n) is 5.26. The van der Waals surface area contributed by atoms with Crippen LogP contribution in [0.25, 0.3) is 10.9 Å². The molecule has 3 heterocycles. The van der Waals surface area contributed by atoms with E-state index in [-0.39, 0.29) is 0 Å². The van der Waals surface area contributed by atoms with E-state index in [0.29, 0.717) is 0 Å². The zero-order valence-electron chi connectivity index (χ0n) is 11.1. The Morgan fingerprint density at radius 2 is 2.10 bits per heavy atom. The number of aromatic nitrogens is 4. The van der Waals surface area contributed by atoms with Gasteiger partial charge in [0.05, 0.1) is 6.54 Å². The third kappa shape index (κ3) is 1.88. The van der Waals surface area contributed by atoms with Crippen molar-refractivity contribution in [1.82, 2.24) is 19.3 Å². The van der Waals surface area contributed by atoms with Crippen LogP contribution < -0.4 is 0 Å². The highest BCUT2D eigenvalue weighted by molar-refractivity contribution is 9.10. The van der Waals surface area contributed by atoms with Gasteiger partial charge in [-0.15, -0.1) is 10.2 Å². The van der Waals surface area contributed by atoms with E-state index in [1.807, 2.05) is 0 Å². The number of fused-ring (bicyclic) bond motifs is 2. The van der Waals surface area contributed by atoms with Crippen LogP contribution in [-0.2, 0) is 19.5 Å². The molecule has 3 aromatic rings. The van der Waals surface area contributed by atoms with Crippen molar-refractivity contribution >= 4 is 26.8 Å². The predicted octanol–water partition coefficient (Wildman–Crippen LogP) is 3.38. The van der Waals surface area contributed by atoms with Gasteiger partial charge in [0.1, 0.15) is 5.82 Å². The van der Waals surface area contributed by atoms with E-state index in [2.05, 4.69) is 65.7 Å². The lowest BCUT2D eigenvalue weighted by atomic mass is 10.2. The first kappa shape index (κ1) is 12.1. The molecule has 0 unspecified atom stereocenters. The van der Waals surface area contributed by atoms with Crippen LogP contribution in [0.5, 0.6) is 0 Å². The van der Waals surface area contributed by atoms with Gasteiger partial charge < -0.3 is 9.13 Å². The molecule has 0 atom stereocenters. The lowest BCUT2D eigenvalue weighted by Crippen LogP contribution is -2.14. The molecule has 0 saturated heterocycles. The van der Waals surface area contributed by atoms with Crippen LogP contribution in [0.1, 0.15) is 24.5 Å². The van der Waals surface area contributed by atoms with Crippen molar-refractivity contribution in [3.05, 3.63) is 46.6 Å². The Hall–Kier alpha value is -1.62. The Labute approximate surface area is 125 Å². The average molecular weight is 331 g/mol. The van der Waals surface area contributed by atoms with Crippen LogP contribution in [0.2, 0.25) is 0 Å². The number of hydrogen-bond acceptors (Lipinski definition) is 2. The van der Waals surface area contributed by atoms with E-state index >= 15 is 0 Å². The van der Waals surface area contributed by atoms with Crippen LogP contribution in [0.15, 0.2) is 34.9 Å². The molecule has 20 heavy (non-hydrogen) atoms. The fourth-order valence-corrected chi connectivity index (χ4v) is 3.45. The van der Waals surface area contributed by atoms with Gasteiger partial charge in [-0.1, -0.05) is 22.0 Å². The normalized spacial score (nSPS) is 14.7. The largest absolute Gasteiger partial charge is 0.340 e. The smallest absolute Gasteiger partial charge is 0.153 e. The molecule has 0 amide bonds. The fourth-order valence-electron chi connectivity index (χ4n) is 2.96. The third-order valence-corrected chi connectivity index (χ3v) is 4.70. The van der Waals surface area contributed by atoms with Crippen molar-refractivity contribution in [3.63, 3.8) is 0 Å². The van der Waals surface area contributed by atoms with Crippen molar-refractivity contribution in [3.8, 4) is 0 Å². The maximum Gasteiger partial charge on any atom is 0.153 e. The maximum absolute atomic E-state index is 4.38. The summed E-state index contributed by atoms with van der Waals surface area (Å²) in [5.74, 6) is 2.21. The molecule has 0 bridgehead atoms. The highest BCUT2D eigenvalue weighted by Gasteiger charge is 2.16. The minimum absolute atomic E-state index is 0.785. The summed E-state index contributed by atoms with van der Waals surface area (Å²) in [6, 6.07) is 8.44. The Kier molecular flexibility index (Phi) is 2.88. The van der Waals surface area contributed by atoms with E-state index in [1.54, 1.807) is 0 Å². The molecule has 0 N–H and O–H groups in total. The maximum atomic E-state index is 4.38. The zero-order valence-corrected chi connectivity index (χ0v) is 12.7. The minimum atomic E-state index is 0.785. The molecule has 0 spiro atoms. The second kappa shape index (κ2) is 4.74. The molecule has 5 heteroatoms. The minimum Gasteiger partial charge on any atom is -0.340 e. The summed E-state index contributed by atoms with van der Waals surface area (Å²) in [5.41, 5.74) is 1.23. The molecule has 2 aromatic heterocycles. The molecule has 102 valence electrons. The average Bonchev–Trinajstić information content (AvgIpc) is 3.06. The molecule has 1 aromatic carbocycles. The first-order valence-electron chi connectivity index (χ1n) is 6.97.